The van der Waals surface area contributed by atoms with Gasteiger partial charge in [-0.05, 0) is 30.7 Å². The molecule has 18 heavy (non-hydrogen) atoms. The molecular formula is C12H18N4OS. The number of amides is 1. The number of hydrogen-bond acceptors (Lipinski definition) is 5. The second-order valence-electron chi connectivity index (χ2n) is 4.26. The Kier molecular flexibility index (Phi) is 4.81. The van der Waals surface area contributed by atoms with Crippen LogP contribution in [0, 0.1) is 0 Å². The molecule has 1 aliphatic heterocycles. The fourth-order valence-corrected chi connectivity index (χ4v) is 2.86. The number of thioether (sulfide) groups is 1. The lowest BCUT2D eigenvalue weighted by atomic mass is 10.2. The van der Waals surface area contributed by atoms with Crippen molar-refractivity contribution in [3.8, 4) is 0 Å². The summed E-state index contributed by atoms with van der Waals surface area (Å²) >= 11 is 1.87. The summed E-state index contributed by atoms with van der Waals surface area (Å²) in [7, 11) is 0. The summed E-state index contributed by atoms with van der Waals surface area (Å²) in [6.07, 6.45) is 2.07. The Morgan fingerprint density at radius 3 is 3.00 bits per heavy atom. The molecule has 0 saturated carbocycles. The molecule has 2 N–H and O–H groups in total. The SMILES string of the molecule is CCCNc1ccc(C(=O)NC2CCSC2)nn1. The van der Waals surface area contributed by atoms with Gasteiger partial charge >= 0.3 is 0 Å². The van der Waals surface area contributed by atoms with E-state index in [9.17, 15) is 4.79 Å². The highest BCUT2D eigenvalue weighted by Gasteiger charge is 2.19. The molecule has 0 aliphatic carbocycles. The van der Waals surface area contributed by atoms with Crippen LogP contribution < -0.4 is 10.6 Å². The summed E-state index contributed by atoms with van der Waals surface area (Å²) < 4.78 is 0. The fourth-order valence-electron chi connectivity index (χ4n) is 1.71. The molecule has 2 heterocycles. The van der Waals surface area contributed by atoms with E-state index in [4.69, 9.17) is 0 Å². The maximum atomic E-state index is 11.9. The Morgan fingerprint density at radius 2 is 2.39 bits per heavy atom. The van der Waals surface area contributed by atoms with E-state index in [2.05, 4.69) is 27.8 Å². The predicted molar refractivity (Wildman–Crippen MR) is 74.0 cm³/mol. The van der Waals surface area contributed by atoms with Crippen molar-refractivity contribution < 1.29 is 4.79 Å². The third kappa shape index (κ3) is 3.60. The molecular weight excluding hydrogens is 248 g/mol. The van der Waals surface area contributed by atoms with Crippen LogP contribution >= 0.6 is 11.8 Å². The average Bonchev–Trinajstić information content (AvgIpc) is 2.89. The zero-order chi connectivity index (χ0) is 12.8. The quantitative estimate of drug-likeness (QED) is 0.846. The summed E-state index contributed by atoms with van der Waals surface area (Å²) in [6, 6.07) is 3.78. The van der Waals surface area contributed by atoms with Gasteiger partial charge in [0, 0.05) is 18.3 Å². The highest BCUT2D eigenvalue weighted by molar-refractivity contribution is 7.99. The molecule has 0 spiro atoms. The fraction of sp³-hybridized carbons (Fsp3) is 0.583. The molecule has 98 valence electrons. The highest BCUT2D eigenvalue weighted by atomic mass is 32.2. The molecule has 1 aliphatic rings. The number of carbonyl (C=O) groups excluding carboxylic acids is 1. The molecule has 0 radical (unpaired) electrons. The average molecular weight is 266 g/mol. The lowest BCUT2D eigenvalue weighted by Gasteiger charge is -2.10. The Bertz CT molecular complexity index is 390. The molecule has 0 aromatic carbocycles. The van der Waals surface area contributed by atoms with Gasteiger partial charge in [0.15, 0.2) is 5.69 Å². The smallest absolute Gasteiger partial charge is 0.272 e. The monoisotopic (exact) mass is 266 g/mol. The summed E-state index contributed by atoms with van der Waals surface area (Å²) in [6.45, 7) is 2.95. The van der Waals surface area contributed by atoms with Crippen LogP contribution in [-0.2, 0) is 0 Å². The van der Waals surface area contributed by atoms with Crippen LogP contribution in [0.1, 0.15) is 30.3 Å². The van der Waals surface area contributed by atoms with Crippen LogP contribution in [-0.4, -0.2) is 40.2 Å². The zero-order valence-electron chi connectivity index (χ0n) is 10.5. The van der Waals surface area contributed by atoms with Crippen molar-refractivity contribution in [2.24, 2.45) is 0 Å². The molecule has 1 saturated heterocycles. The van der Waals surface area contributed by atoms with Crippen LogP contribution in [0.3, 0.4) is 0 Å². The first-order valence-electron chi connectivity index (χ1n) is 6.26. The van der Waals surface area contributed by atoms with E-state index < -0.39 is 0 Å². The lowest BCUT2D eigenvalue weighted by Crippen LogP contribution is -2.35. The summed E-state index contributed by atoms with van der Waals surface area (Å²) in [5, 5.41) is 14.0. The molecule has 1 fully saturated rings. The molecule has 1 aromatic rings. The van der Waals surface area contributed by atoms with Crippen LogP contribution in [0.25, 0.3) is 0 Å². The van der Waals surface area contributed by atoms with Crippen molar-refractivity contribution in [3.63, 3.8) is 0 Å². The number of carbonyl (C=O) groups is 1. The van der Waals surface area contributed by atoms with Crippen LogP contribution in [0.15, 0.2) is 12.1 Å². The van der Waals surface area contributed by atoms with Gasteiger partial charge in [0.05, 0.1) is 0 Å². The van der Waals surface area contributed by atoms with Gasteiger partial charge in [0.25, 0.3) is 5.91 Å². The number of anilines is 1. The maximum Gasteiger partial charge on any atom is 0.272 e. The normalized spacial score (nSPS) is 18.6. The van der Waals surface area contributed by atoms with Gasteiger partial charge in [-0.1, -0.05) is 6.92 Å². The number of rotatable bonds is 5. The van der Waals surface area contributed by atoms with E-state index in [1.165, 1.54) is 0 Å². The molecule has 5 nitrogen and oxygen atoms in total. The maximum absolute atomic E-state index is 11.9. The summed E-state index contributed by atoms with van der Waals surface area (Å²) in [5.41, 5.74) is 0.383. The van der Waals surface area contributed by atoms with E-state index in [1.807, 2.05) is 11.8 Å². The van der Waals surface area contributed by atoms with Crippen molar-refractivity contribution in [1.82, 2.24) is 15.5 Å². The van der Waals surface area contributed by atoms with E-state index in [-0.39, 0.29) is 11.9 Å². The Balaban J connectivity index is 1.89. The van der Waals surface area contributed by atoms with Crippen LogP contribution in [0.4, 0.5) is 5.82 Å². The van der Waals surface area contributed by atoms with Crippen molar-refractivity contribution in [2.45, 2.75) is 25.8 Å². The molecule has 0 bridgehead atoms. The van der Waals surface area contributed by atoms with E-state index in [0.717, 1.165) is 30.9 Å². The third-order valence-corrected chi connectivity index (χ3v) is 3.88. The minimum atomic E-state index is -0.128. The van der Waals surface area contributed by atoms with Gasteiger partial charge in [-0.15, -0.1) is 10.2 Å². The second kappa shape index (κ2) is 6.58. The largest absolute Gasteiger partial charge is 0.369 e. The number of nitrogens with one attached hydrogen (secondary N) is 2. The van der Waals surface area contributed by atoms with E-state index in [1.54, 1.807) is 12.1 Å². The van der Waals surface area contributed by atoms with Gasteiger partial charge in [0.1, 0.15) is 5.82 Å². The highest BCUT2D eigenvalue weighted by Crippen LogP contribution is 2.17. The first-order chi connectivity index (χ1) is 8.79. The van der Waals surface area contributed by atoms with Crippen molar-refractivity contribution in [2.75, 3.05) is 23.4 Å². The predicted octanol–water partition coefficient (Wildman–Crippen LogP) is 1.53. The number of nitrogens with zero attached hydrogens (tertiary/aromatic N) is 2. The topological polar surface area (TPSA) is 66.9 Å². The van der Waals surface area contributed by atoms with Crippen LogP contribution in [0.5, 0.6) is 0 Å². The first kappa shape index (κ1) is 13.1. The van der Waals surface area contributed by atoms with Gasteiger partial charge < -0.3 is 10.6 Å². The van der Waals surface area contributed by atoms with E-state index in [0.29, 0.717) is 11.5 Å². The molecule has 1 atom stereocenters. The zero-order valence-corrected chi connectivity index (χ0v) is 11.3. The third-order valence-electron chi connectivity index (χ3n) is 2.72. The van der Waals surface area contributed by atoms with Crippen LogP contribution in [0.2, 0.25) is 0 Å². The molecule has 1 unspecified atom stereocenters. The van der Waals surface area contributed by atoms with E-state index >= 15 is 0 Å². The van der Waals surface area contributed by atoms with Crippen molar-refractivity contribution >= 4 is 23.5 Å². The van der Waals surface area contributed by atoms with Gasteiger partial charge in [0.2, 0.25) is 0 Å². The van der Waals surface area contributed by atoms with Gasteiger partial charge in [-0.25, -0.2) is 0 Å². The van der Waals surface area contributed by atoms with Crippen molar-refractivity contribution in [3.05, 3.63) is 17.8 Å². The molecule has 2 rings (SSSR count). The van der Waals surface area contributed by atoms with Gasteiger partial charge in [-0.3, -0.25) is 4.79 Å². The number of aromatic nitrogens is 2. The molecule has 1 amide bonds. The molecule has 1 aromatic heterocycles. The minimum absolute atomic E-state index is 0.128. The minimum Gasteiger partial charge on any atom is -0.369 e. The number of hydrogen-bond donors (Lipinski definition) is 2. The first-order valence-corrected chi connectivity index (χ1v) is 7.41. The lowest BCUT2D eigenvalue weighted by molar-refractivity contribution is 0.0935. The van der Waals surface area contributed by atoms with Gasteiger partial charge in [-0.2, -0.15) is 11.8 Å². The summed E-state index contributed by atoms with van der Waals surface area (Å²) in [4.78, 5) is 11.9. The molecule has 6 heteroatoms. The van der Waals surface area contributed by atoms with Crippen molar-refractivity contribution in [1.29, 1.82) is 0 Å². The standard InChI is InChI=1S/C12H18N4OS/c1-2-6-13-11-4-3-10(15-16-11)12(17)14-9-5-7-18-8-9/h3-4,9H,2,5-8H2,1H3,(H,13,16)(H,14,17). The Morgan fingerprint density at radius 1 is 1.50 bits per heavy atom. The second-order valence-corrected chi connectivity index (χ2v) is 5.41. The summed E-state index contributed by atoms with van der Waals surface area (Å²) in [5.74, 6) is 2.70. The Hall–Kier alpha value is -1.30. The Labute approximate surface area is 111 Å².